The van der Waals surface area contributed by atoms with Crippen molar-refractivity contribution in [2.75, 3.05) is 13.2 Å². The topological polar surface area (TPSA) is 91.5 Å². The Labute approximate surface area is 219 Å². The molecule has 0 aliphatic carbocycles. The number of halogens is 1. The minimum atomic E-state index is -0.989. The zero-order chi connectivity index (χ0) is 25.8. The van der Waals surface area contributed by atoms with Crippen molar-refractivity contribution in [2.45, 2.75) is 25.4 Å². The van der Waals surface area contributed by atoms with Crippen LogP contribution in [0.3, 0.4) is 0 Å². The number of carbonyl (C=O) groups excluding carboxylic acids is 3. The molecule has 0 unspecified atom stereocenters. The van der Waals surface area contributed by atoms with Gasteiger partial charge in [-0.1, -0.05) is 54.1 Å². The largest absolute Gasteiger partial charge is 0.454 e. The molecule has 1 aliphatic rings. The van der Waals surface area contributed by atoms with Crippen LogP contribution in [-0.4, -0.2) is 46.9 Å². The quantitative estimate of drug-likeness (QED) is 0.359. The molecule has 37 heavy (non-hydrogen) atoms. The summed E-state index contributed by atoms with van der Waals surface area (Å²) < 4.78 is 5.45. The molecule has 4 aromatic rings. The zero-order valence-corrected chi connectivity index (χ0v) is 20.8. The number of H-pyrrole nitrogens is 1. The molecular formula is C29H26ClN3O4. The molecule has 188 valence electrons. The molecule has 1 aliphatic heterocycles. The third-order valence-corrected chi connectivity index (χ3v) is 6.87. The Balaban J connectivity index is 1.28. The molecule has 0 fully saturated rings. The molecule has 8 heteroatoms. The van der Waals surface area contributed by atoms with Gasteiger partial charge in [0.25, 0.3) is 11.8 Å². The summed E-state index contributed by atoms with van der Waals surface area (Å²) in [4.78, 5) is 43.8. The van der Waals surface area contributed by atoms with E-state index in [0.717, 1.165) is 28.5 Å². The molecule has 0 bridgehead atoms. The predicted molar refractivity (Wildman–Crippen MR) is 141 cm³/mol. The van der Waals surface area contributed by atoms with E-state index in [4.69, 9.17) is 16.3 Å². The van der Waals surface area contributed by atoms with E-state index in [2.05, 4.69) is 16.4 Å². The average molecular weight is 516 g/mol. The fourth-order valence-corrected chi connectivity index (χ4v) is 4.72. The monoisotopic (exact) mass is 515 g/mol. The molecule has 0 saturated carbocycles. The molecule has 1 aromatic heterocycles. The minimum absolute atomic E-state index is 0.202. The van der Waals surface area contributed by atoms with E-state index in [-0.39, 0.29) is 18.9 Å². The first-order valence-corrected chi connectivity index (χ1v) is 12.5. The second kappa shape index (κ2) is 10.9. The standard InChI is InChI=1S/C29H26ClN3O4/c30-23-11-9-20(10-12-23)28(35)32-26(15-22-16-31-25-8-4-3-7-24(22)25)29(36)37-18-27(34)33-14-13-19-5-1-2-6-21(19)17-33/h1-12,16,26,31H,13-15,17-18H2,(H,32,35)/t26-/m1/s1. The number of hydrogen-bond donors (Lipinski definition) is 2. The lowest BCUT2D eigenvalue weighted by atomic mass is 10.00. The summed E-state index contributed by atoms with van der Waals surface area (Å²) >= 11 is 5.94. The number of esters is 1. The van der Waals surface area contributed by atoms with Crippen LogP contribution in [0.4, 0.5) is 0 Å². The Morgan fingerprint density at radius 2 is 1.70 bits per heavy atom. The highest BCUT2D eigenvalue weighted by Gasteiger charge is 2.27. The number of hydrogen-bond acceptors (Lipinski definition) is 4. The normalized spacial score (nSPS) is 13.6. The first-order valence-electron chi connectivity index (χ1n) is 12.1. The zero-order valence-electron chi connectivity index (χ0n) is 20.1. The van der Waals surface area contributed by atoms with Crippen LogP contribution in [0.5, 0.6) is 0 Å². The van der Waals surface area contributed by atoms with Gasteiger partial charge in [-0.3, -0.25) is 9.59 Å². The van der Waals surface area contributed by atoms with Crippen molar-refractivity contribution in [3.63, 3.8) is 0 Å². The Morgan fingerprint density at radius 3 is 2.51 bits per heavy atom. The Kier molecular flexibility index (Phi) is 7.23. The summed E-state index contributed by atoms with van der Waals surface area (Å²) in [5, 5.41) is 4.23. The van der Waals surface area contributed by atoms with E-state index in [1.165, 1.54) is 5.56 Å². The maximum atomic E-state index is 13.2. The predicted octanol–water partition coefficient (Wildman–Crippen LogP) is 4.29. The van der Waals surface area contributed by atoms with Crippen LogP contribution >= 0.6 is 11.6 Å². The Morgan fingerprint density at radius 1 is 0.973 bits per heavy atom. The smallest absolute Gasteiger partial charge is 0.329 e. The van der Waals surface area contributed by atoms with Gasteiger partial charge >= 0.3 is 5.97 Å². The van der Waals surface area contributed by atoms with E-state index in [0.29, 0.717) is 23.7 Å². The molecule has 2 N–H and O–H groups in total. The van der Waals surface area contributed by atoms with Gasteiger partial charge in [0.2, 0.25) is 0 Å². The van der Waals surface area contributed by atoms with E-state index >= 15 is 0 Å². The molecule has 1 atom stereocenters. The van der Waals surface area contributed by atoms with Crippen LogP contribution in [0.2, 0.25) is 5.02 Å². The molecule has 7 nitrogen and oxygen atoms in total. The van der Waals surface area contributed by atoms with E-state index in [9.17, 15) is 14.4 Å². The van der Waals surface area contributed by atoms with Gasteiger partial charge in [-0.2, -0.15) is 0 Å². The number of nitrogens with one attached hydrogen (secondary N) is 2. The van der Waals surface area contributed by atoms with Crippen molar-refractivity contribution in [1.29, 1.82) is 0 Å². The van der Waals surface area contributed by atoms with Crippen molar-refractivity contribution in [2.24, 2.45) is 0 Å². The van der Waals surface area contributed by atoms with Crippen LogP contribution in [0.25, 0.3) is 10.9 Å². The van der Waals surface area contributed by atoms with Crippen molar-refractivity contribution < 1.29 is 19.1 Å². The third-order valence-electron chi connectivity index (χ3n) is 6.62. The highest BCUT2D eigenvalue weighted by Crippen LogP contribution is 2.21. The van der Waals surface area contributed by atoms with E-state index in [1.54, 1.807) is 29.2 Å². The van der Waals surface area contributed by atoms with Crippen LogP contribution in [-0.2, 0) is 33.7 Å². The summed E-state index contributed by atoms with van der Waals surface area (Å²) in [5.74, 6) is -1.37. The van der Waals surface area contributed by atoms with Crippen LogP contribution in [0.15, 0.2) is 79.0 Å². The summed E-state index contributed by atoms with van der Waals surface area (Å²) in [6.45, 7) is 0.667. The summed E-state index contributed by atoms with van der Waals surface area (Å²) in [6.07, 6.45) is 2.78. The fraction of sp³-hybridized carbons (Fsp3) is 0.207. The lowest BCUT2D eigenvalue weighted by molar-refractivity contribution is -0.154. The van der Waals surface area contributed by atoms with Gasteiger partial charge in [0, 0.05) is 47.2 Å². The molecular weight excluding hydrogens is 490 g/mol. The van der Waals surface area contributed by atoms with Crippen molar-refractivity contribution in [1.82, 2.24) is 15.2 Å². The number of fused-ring (bicyclic) bond motifs is 2. The highest BCUT2D eigenvalue weighted by atomic mass is 35.5. The molecule has 2 heterocycles. The SMILES string of the molecule is O=C(N[C@H](Cc1c[nH]c2ccccc12)C(=O)OCC(=O)N1CCc2ccccc2C1)c1ccc(Cl)cc1. The third kappa shape index (κ3) is 5.67. The Bertz CT molecular complexity index is 1450. The van der Waals surface area contributed by atoms with Gasteiger partial charge in [-0.15, -0.1) is 0 Å². The molecule has 3 aromatic carbocycles. The number of amides is 2. The maximum absolute atomic E-state index is 13.2. The van der Waals surface area contributed by atoms with Crippen molar-refractivity contribution in [3.05, 3.63) is 106 Å². The lowest BCUT2D eigenvalue weighted by Gasteiger charge is -2.29. The van der Waals surface area contributed by atoms with E-state index < -0.39 is 17.9 Å². The van der Waals surface area contributed by atoms with E-state index in [1.807, 2.05) is 48.7 Å². The first kappa shape index (κ1) is 24.6. The Hall–Kier alpha value is -4.10. The number of benzene rings is 3. The molecule has 5 rings (SSSR count). The minimum Gasteiger partial charge on any atom is -0.454 e. The molecule has 2 amide bonds. The van der Waals surface area contributed by atoms with Gasteiger partial charge in [-0.25, -0.2) is 4.79 Å². The van der Waals surface area contributed by atoms with Gasteiger partial charge < -0.3 is 19.9 Å². The number of rotatable bonds is 7. The number of aromatic nitrogens is 1. The number of nitrogens with zero attached hydrogens (tertiary/aromatic N) is 1. The highest BCUT2D eigenvalue weighted by molar-refractivity contribution is 6.30. The van der Waals surface area contributed by atoms with Crippen LogP contribution < -0.4 is 5.32 Å². The van der Waals surface area contributed by atoms with Gasteiger partial charge in [0.05, 0.1) is 0 Å². The van der Waals surface area contributed by atoms with Crippen LogP contribution in [0.1, 0.15) is 27.0 Å². The van der Waals surface area contributed by atoms with Crippen molar-refractivity contribution >= 4 is 40.3 Å². The molecule has 0 spiro atoms. The summed E-state index contributed by atoms with van der Waals surface area (Å²) in [7, 11) is 0. The molecule has 0 radical (unpaired) electrons. The maximum Gasteiger partial charge on any atom is 0.329 e. The fourth-order valence-electron chi connectivity index (χ4n) is 4.59. The summed E-state index contributed by atoms with van der Waals surface area (Å²) in [6, 6.07) is 21.1. The number of carbonyl (C=O) groups is 3. The molecule has 0 saturated heterocycles. The van der Waals surface area contributed by atoms with Gasteiger partial charge in [-0.05, 0) is 53.4 Å². The average Bonchev–Trinajstić information content (AvgIpc) is 3.34. The number of ether oxygens (including phenoxy) is 1. The second-order valence-corrected chi connectivity index (χ2v) is 9.47. The lowest BCUT2D eigenvalue weighted by Crippen LogP contribution is -2.45. The van der Waals surface area contributed by atoms with Crippen molar-refractivity contribution in [3.8, 4) is 0 Å². The summed E-state index contributed by atoms with van der Waals surface area (Å²) in [5.41, 5.74) is 4.47. The second-order valence-electron chi connectivity index (χ2n) is 9.04. The van der Waals surface area contributed by atoms with Crippen LogP contribution in [0, 0.1) is 0 Å². The van der Waals surface area contributed by atoms with Gasteiger partial charge in [0.15, 0.2) is 6.61 Å². The number of para-hydroxylation sites is 1. The first-order chi connectivity index (χ1) is 18.0. The number of aromatic amines is 1. The van der Waals surface area contributed by atoms with Gasteiger partial charge in [0.1, 0.15) is 6.04 Å².